The van der Waals surface area contributed by atoms with Gasteiger partial charge in [-0.1, -0.05) is 28.1 Å². The van der Waals surface area contributed by atoms with Gasteiger partial charge in [-0.25, -0.2) is 0 Å². The molecule has 1 fully saturated rings. The summed E-state index contributed by atoms with van der Waals surface area (Å²) in [5, 5.41) is 3.44. The number of ether oxygens (including phenoxy) is 1. The van der Waals surface area contributed by atoms with Gasteiger partial charge >= 0.3 is 0 Å². The van der Waals surface area contributed by atoms with Gasteiger partial charge in [0.15, 0.2) is 0 Å². The van der Waals surface area contributed by atoms with Gasteiger partial charge in [-0.15, -0.1) is 0 Å². The molecule has 0 radical (unpaired) electrons. The molecule has 1 aliphatic heterocycles. The van der Waals surface area contributed by atoms with Crippen molar-refractivity contribution in [1.82, 2.24) is 5.32 Å². The molecule has 0 spiro atoms. The average molecular weight is 298 g/mol. The number of likely N-dealkylation sites (N-methyl/N-ethyl adjacent to an activating group) is 1. The second-order valence-corrected chi connectivity index (χ2v) is 5.62. The molecular weight excluding hydrogens is 278 g/mol. The normalized spacial score (nSPS) is 22.4. The molecule has 2 rings (SSSR count). The molecule has 3 heteroatoms. The average Bonchev–Trinajstić information content (AvgIpc) is 2.37. The van der Waals surface area contributed by atoms with Crippen LogP contribution in [0.3, 0.4) is 0 Å². The third kappa shape index (κ3) is 3.80. The molecule has 94 valence electrons. The molecular formula is C14H20BrNO. The number of benzene rings is 1. The molecule has 1 aromatic rings. The van der Waals surface area contributed by atoms with Gasteiger partial charge in [0.25, 0.3) is 0 Å². The van der Waals surface area contributed by atoms with E-state index in [1.165, 1.54) is 18.4 Å². The maximum atomic E-state index is 5.58. The molecule has 0 aliphatic carbocycles. The molecule has 2 nitrogen and oxygen atoms in total. The highest BCUT2D eigenvalue weighted by molar-refractivity contribution is 9.10. The Morgan fingerprint density at radius 2 is 2.41 bits per heavy atom. The van der Waals surface area contributed by atoms with Crippen LogP contribution < -0.4 is 5.32 Å². The highest BCUT2D eigenvalue weighted by Crippen LogP contribution is 2.21. The number of halogens is 1. The van der Waals surface area contributed by atoms with Crippen molar-refractivity contribution in [3.63, 3.8) is 0 Å². The summed E-state index contributed by atoms with van der Waals surface area (Å²) in [6.45, 7) is 1.84. The van der Waals surface area contributed by atoms with E-state index in [2.05, 4.69) is 52.6 Å². The molecule has 1 N–H and O–H groups in total. The summed E-state index contributed by atoms with van der Waals surface area (Å²) in [5.41, 5.74) is 1.38. The van der Waals surface area contributed by atoms with Crippen molar-refractivity contribution in [2.75, 3.05) is 20.3 Å². The van der Waals surface area contributed by atoms with Crippen molar-refractivity contribution in [2.45, 2.75) is 25.3 Å². The van der Waals surface area contributed by atoms with Crippen molar-refractivity contribution in [1.29, 1.82) is 0 Å². The van der Waals surface area contributed by atoms with Crippen LogP contribution in [0.5, 0.6) is 0 Å². The fourth-order valence-electron chi connectivity index (χ4n) is 2.51. The lowest BCUT2D eigenvalue weighted by atomic mass is 9.89. The van der Waals surface area contributed by atoms with E-state index in [-0.39, 0.29) is 0 Å². The predicted octanol–water partition coefficient (Wildman–Crippen LogP) is 3.01. The molecule has 0 saturated carbocycles. The van der Waals surface area contributed by atoms with Crippen LogP contribution in [0.25, 0.3) is 0 Å². The Morgan fingerprint density at radius 3 is 3.06 bits per heavy atom. The fourth-order valence-corrected chi connectivity index (χ4v) is 2.95. The molecule has 0 aromatic heterocycles. The molecule has 2 unspecified atom stereocenters. The highest BCUT2D eigenvalue weighted by atomic mass is 79.9. The third-order valence-electron chi connectivity index (χ3n) is 3.48. The molecule has 1 heterocycles. The summed E-state index contributed by atoms with van der Waals surface area (Å²) >= 11 is 3.52. The first kappa shape index (κ1) is 13.1. The molecule has 1 aromatic carbocycles. The quantitative estimate of drug-likeness (QED) is 0.922. The van der Waals surface area contributed by atoms with Crippen molar-refractivity contribution >= 4 is 15.9 Å². The second-order valence-electron chi connectivity index (χ2n) is 4.71. The Balaban J connectivity index is 1.98. The van der Waals surface area contributed by atoms with E-state index in [0.29, 0.717) is 12.0 Å². The number of nitrogens with one attached hydrogen (secondary N) is 1. The van der Waals surface area contributed by atoms with Crippen LogP contribution in [0.1, 0.15) is 18.4 Å². The highest BCUT2D eigenvalue weighted by Gasteiger charge is 2.23. The molecule has 2 atom stereocenters. The smallest absolute Gasteiger partial charge is 0.0509 e. The summed E-state index contributed by atoms with van der Waals surface area (Å²) in [6, 6.07) is 9.09. The Bertz CT molecular complexity index is 350. The maximum Gasteiger partial charge on any atom is 0.0509 e. The number of hydrogen-bond acceptors (Lipinski definition) is 2. The van der Waals surface area contributed by atoms with E-state index in [1.54, 1.807) is 0 Å². The number of rotatable bonds is 4. The molecule has 0 amide bonds. The molecule has 1 aliphatic rings. The minimum absolute atomic E-state index is 0.518. The Labute approximate surface area is 112 Å². The van der Waals surface area contributed by atoms with Crippen LogP contribution in [0.4, 0.5) is 0 Å². The van der Waals surface area contributed by atoms with Gasteiger partial charge in [0.2, 0.25) is 0 Å². The van der Waals surface area contributed by atoms with Crippen molar-refractivity contribution < 1.29 is 4.74 Å². The van der Waals surface area contributed by atoms with Gasteiger partial charge in [-0.3, -0.25) is 0 Å². The van der Waals surface area contributed by atoms with Gasteiger partial charge in [0.05, 0.1) is 6.61 Å². The van der Waals surface area contributed by atoms with Crippen molar-refractivity contribution in [3.8, 4) is 0 Å². The zero-order chi connectivity index (χ0) is 12.1. The van der Waals surface area contributed by atoms with E-state index in [9.17, 15) is 0 Å². The lowest BCUT2D eigenvalue weighted by Crippen LogP contribution is -2.39. The van der Waals surface area contributed by atoms with E-state index < -0.39 is 0 Å². The monoisotopic (exact) mass is 297 g/mol. The van der Waals surface area contributed by atoms with Gasteiger partial charge in [-0.2, -0.15) is 0 Å². The number of hydrogen-bond donors (Lipinski definition) is 1. The summed E-state index contributed by atoms with van der Waals surface area (Å²) in [5.74, 6) is 0.646. The third-order valence-corrected chi connectivity index (χ3v) is 3.97. The van der Waals surface area contributed by atoms with E-state index in [0.717, 1.165) is 24.1 Å². The Kier molecular flexibility index (Phi) is 5.01. The molecule has 0 bridgehead atoms. The lowest BCUT2D eigenvalue weighted by molar-refractivity contribution is 0.0405. The Hall–Kier alpha value is -0.380. The van der Waals surface area contributed by atoms with Crippen molar-refractivity contribution in [2.24, 2.45) is 5.92 Å². The van der Waals surface area contributed by atoms with Gasteiger partial charge in [-0.05, 0) is 49.9 Å². The topological polar surface area (TPSA) is 21.3 Å². The van der Waals surface area contributed by atoms with Crippen LogP contribution in [0, 0.1) is 5.92 Å². The molecule has 1 saturated heterocycles. The fraction of sp³-hybridized carbons (Fsp3) is 0.571. The lowest BCUT2D eigenvalue weighted by Gasteiger charge is -2.30. The van der Waals surface area contributed by atoms with Gasteiger partial charge in [0.1, 0.15) is 0 Å². The van der Waals surface area contributed by atoms with Crippen LogP contribution in [0.2, 0.25) is 0 Å². The second kappa shape index (κ2) is 6.53. The predicted molar refractivity (Wildman–Crippen MR) is 74.2 cm³/mol. The maximum absolute atomic E-state index is 5.58. The summed E-state index contributed by atoms with van der Waals surface area (Å²) in [7, 11) is 2.05. The van der Waals surface area contributed by atoms with E-state index >= 15 is 0 Å². The standard InChI is InChI=1S/C14H20BrNO/c1-16-14(12-5-3-7-17-10-12)9-11-4-2-6-13(15)8-11/h2,4,6,8,12,14,16H,3,5,7,9-10H2,1H3. The first-order valence-corrected chi connectivity index (χ1v) is 7.08. The summed E-state index contributed by atoms with van der Waals surface area (Å²) in [6.07, 6.45) is 3.55. The van der Waals surface area contributed by atoms with E-state index in [4.69, 9.17) is 4.74 Å². The Morgan fingerprint density at radius 1 is 1.53 bits per heavy atom. The van der Waals surface area contributed by atoms with Crippen LogP contribution in [0.15, 0.2) is 28.7 Å². The van der Waals surface area contributed by atoms with Crippen LogP contribution >= 0.6 is 15.9 Å². The van der Waals surface area contributed by atoms with E-state index in [1.807, 2.05) is 0 Å². The van der Waals surface area contributed by atoms with Crippen LogP contribution in [-0.2, 0) is 11.2 Å². The zero-order valence-electron chi connectivity index (χ0n) is 10.3. The molecule has 17 heavy (non-hydrogen) atoms. The zero-order valence-corrected chi connectivity index (χ0v) is 11.9. The largest absolute Gasteiger partial charge is 0.381 e. The van der Waals surface area contributed by atoms with Crippen molar-refractivity contribution in [3.05, 3.63) is 34.3 Å². The SMILES string of the molecule is CNC(Cc1cccc(Br)c1)C1CCCOC1. The van der Waals surface area contributed by atoms with Crippen LogP contribution in [-0.4, -0.2) is 26.3 Å². The van der Waals surface area contributed by atoms with Gasteiger partial charge in [0, 0.05) is 17.1 Å². The first-order chi connectivity index (χ1) is 8.29. The first-order valence-electron chi connectivity index (χ1n) is 6.29. The summed E-state index contributed by atoms with van der Waals surface area (Å²) < 4.78 is 6.73. The van der Waals surface area contributed by atoms with Gasteiger partial charge < -0.3 is 10.1 Å². The summed E-state index contributed by atoms with van der Waals surface area (Å²) in [4.78, 5) is 0. The minimum atomic E-state index is 0.518. The minimum Gasteiger partial charge on any atom is -0.381 e.